The summed E-state index contributed by atoms with van der Waals surface area (Å²) in [6.45, 7) is 6.76. The highest BCUT2D eigenvalue weighted by Crippen LogP contribution is 2.38. The summed E-state index contributed by atoms with van der Waals surface area (Å²) in [5.74, 6) is 0.159. The van der Waals surface area contributed by atoms with Gasteiger partial charge in [-0.3, -0.25) is 5.41 Å². The Kier molecular flexibility index (Phi) is 4.07. The normalized spacial score (nSPS) is 18.8. The average Bonchev–Trinajstić information content (AvgIpc) is 2.37. The van der Waals surface area contributed by atoms with Gasteiger partial charge in [-0.15, -0.1) is 0 Å². The molecule has 0 atom stereocenters. The molecule has 0 unspecified atom stereocenters. The summed E-state index contributed by atoms with van der Waals surface area (Å²) in [6.07, 6.45) is 4.97. The van der Waals surface area contributed by atoms with E-state index in [1.165, 1.54) is 25.7 Å². The Morgan fingerprint density at radius 3 is 2.45 bits per heavy atom. The van der Waals surface area contributed by atoms with E-state index < -0.39 is 0 Å². The van der Waals surface area contributed by atoms with Gasteiger partial charge < -0.3 is 10.6 Å². The maximum atomic E-state index is 7.79. The molecule has 1 aromatic carbocycles. The first kappa shape index (κ1) is 14.9. The van der Waals surface area contributed by atoms with Crippen LogP contribution in [0.4, 0.5) is 5.69 Å². The zero-order valence-corrected chi connectivity index (χ0v) is 13.2. The van der Waals surface area contributed by atoms with Crippen LogP contribution in [0, 0.1) is 17.7 Å². The monoisotopic (exact) mass is 273 g/mol. The van der Waals surface area contributed by atoms with Crippen LogP contribution >= 0.6 is 0 Å². The summed E-state index contributed by atoms with van der Waals surface area (Å²) in [7, 11) is 2.14. The van der Waals surface area contributed by atoms with Gasteiger partial charge in [0.2, 0.25) is 0 Å². The minimum Gasteiger partial charge on any atom is -0.384 e. The molecule has 1 aliphatic carbocycles. The predicted octanol–water partition coefficient (Wildman–Crippen LogP) is 3.68. The van der Waals surface area contributed by atoms with Crippen LogP contribution < -0.4 is 10.6 Å². The number of hydrogen-bond acceptors (Lipinski definition) is 2. The van der Waals surface area contributed by atoms with Crippen LogP contribution in [-0.4, -0.2) is 18.9 Å². The molecule has 0 spiro atoms. The molecule has 1 saturated carbocycles. The number of nitrogens with zero attached hydrogens (tertiary/aromatic N) is 1. The fourth-order valence-corrected chi connectivity index (χ4v) is 3.14. The molecular formula is C17H27N3. The van der Waals surface area contributed by atoms with E-state index in [1.54, 1.807) is 0 Å². The molecule has 3 nitrogen and oxygen atoms in total. The molecule has 3 heteroatoms. The van der Waals surface area contributed by atoms with Crippen LogP contribution in [0.5, 0.6) is 0 Å². The second-order valence-electron chi connectivity index (χ2n) is 6.94. The highest BCUT2D eigenvalue weighted by atomic mass is 15.1. The van der Waals surface area contributed by atoms with Crippen LogP contribution in [0.3, 0.4) is 0 Å². The molecule has 0 aromatic heterocycles. The van der Waals surface area contributed by atoms with E-state index in [2.05, 4.69) is 37.9 Å². The Labute approximate surface area is 122 Å². The summed E-state index contributed by atoms with van der Waals surface area (Å²) in [6, 6.07) is 6.78. The second-order valence-corrected chi connectivity index (χ2v) is 6.94. The van der Waals surface area contributed by atoms with Gasteiger partial charge in [0.25, 0.3) is 0 Å². The molecule has 0 heterocycles. The fourth-order valence-electron chi connectivity index (χ4n) is 3.14. The Bertz CT molecular complexity index is 495. The van der Waals surface area contributed by atoms with Gasteiger partial charge in [0.15, 0.2) is 0 Å². The average molecular weight is 273 g/mol. The summed E-state index contributed by atoms with van der Waals surface area (Å²) in [5, 5.41) is 7.79. The van der Waals surface area contributed by atoms with Crippen LogP contribution in [0.15, 0.2) is 18.2 Å². The summed E-state index contributed by atoms with van der Waals surface area (Å²) in [4.78, 5) is 2.32. The molecule has 1 aromatic rings. The van der Waals surface area contributed by atoms with Crippen molar-refractivity contribution < 1.29 is 0 Å². The number of benzene rings is 1. The standard InChI is InChI=1S/C17H27N3/c1-12-5-6-15(14(11-12)16(18)19)20(4)13-7-9-17(2,3)10-8-13/h5-6,11,13H,7-10H2,1-4H3,(H3,18,19). The van der Waals surface area contributed by atoms with Crippen molar-refractivity contribution in [1.29, 1.82) is 5.41 Å². The zero-order valence-electron chi connectivity index (χ0n) is 13.2. The number of nitrogens with one attached hydrogen (secondary N) is 1. The van der Waals surface area contributed by atoms with Gasteiger partial charge in [-0.1, -0.05) is 25.5 Å². The smallest absolute Gasteiger partial charge is 0.124 e. The van der Waals surface area contributed by atoms with Crippen LogP contribution in [0.25, 0.3) is 0 Å². The highest BCUT2D eigenvalue weighted by molar-refractivity contribution is 6.00. The van der Waals surface area contributed by atoms with E-state index in [-0.39, 0.29) is 5.84 Å². The van der Waals surface area contributed by atoms with Crippen LogP contribution in [0.1, 0.15) is 50.7 Å². The fraction of sp³-hybridized carbons (Fsp3) is 0.588. The van der Waals surface area contributed by atoms with Gasteiger partial charge in [0.05, 0.1) is 0 Å². The maximum Gasteiger partial charge on any atom is 0.124 e. The van der Waals surface area contributed by atoms with Gasteiger partial charge in [-0.25, -0.2) is 0 Å². The van der Waals surface area contributed by atoms with E-state index >= 15 is 0 Å². The first-order valence-corrected chi connectivity index (χ1v) is 7.48. The molecule has 0 aliphatic heterocycles. The topological polar surface area (TPSA) is 53.1 Å². The number of hydrogen-bond donors (Lipinski definition) is 2. The number of nitrogen functional groups attached to an aromatic ring is 1. The Hall–Kier alpha value is -1.51. The van der Waals surface area contributed by atoms with E-state index in [9.17, 15) is 0 Å². The number of rotatable bonds is 3. The molecule has 20 heavy (non-hydrogen) atoms. The lowest BCUT2D eigenvalue weighted by Gasteiger charge is -2.40. The SMILES string of the molecule is Cc1ccc(N(C)C2CCC(C)(C)CC2)c(C(=N)N)c1. The van der Waals surface area contributed by atoms with Crippen molar-refractivity contribution in [2.24, 2.45) is 11.1 Å². The van der Waals surface area contributed by atoms with Crippen LogP contribution in [-0.2, 0) is 0 Å². The minimum absolute atomic E-state index is 0.159. The first-order chi connectivity index (χ1) is 9.30. The largest absolute Gasteiger partial charge is 0.384 e. The van der Waals surface area contributed by atoms with Crippen LogP contribution in [0.2, 0.25) is 0 Å². The van der Waals surface area contributed by atoms with E-state index in [1.807, 2.05) is 13.0 Å². The summed E-state index contributed by atoms with van der Waals surface area (Å²) in [5.41, 5.74) is 9.33. The molecule has 1 aliphatic rings. The molecular weight excluding hydrogens is 246 g/mol. The molecule has 3 N–H and O–H groups in total. The number of nitrogens with two attached hydrogens (primary N) is 1. The second kappa shape index (κ2) is 5.47. The molecule has 0 radical (unpaired) electrons. The quantitative estimate of drug-likeness (QED) is 0.652. The lowest BCUT2D eigenvalue weighted by atomic mass is 9.75. The molecule has 2 rings (SSSR count). The van der Waals surface area contributed by atoms with Crippen molar-refractivity contribution in [2.45, 2.75) is 52.5 Å². The van der Waals surface area contributed by atoms with Gasteiger partial charge in [0.1, 0.15) is 5.84 Å². The van der Waals surface area contributed by atoms with Crippen molar-refractivity contribution in [3.63, 3.8) is 0 Å². The van der Waals surface area contributed by atoms with Gasteiger partial charge in [-0.05, 0) is 50.2 Å². The molecule has 0 bridgehead atoms. The number of anilines is 1. The Balaban J connectivity index is 2.21. The summed E-state index contributed by atoms with van der Waals surface area (Å²) < 4.78 is 0. The Morgan fingerprint density at radius 2 is 1.90 bits per heavy atom. The molecule has 0 saturated heterocycles. The third kappa shape index (κ3) is 3.14. The van der Waals surface area contributed by atoms with Gasteiger partial charge >= 0.3 is 0 Å². The Morgan fingerprint density at radius 1 is 1.30 bits per heavy atom. The number of aryl methyl sites for hydroxylation is 1. The van der Waals surface area contributed by atoms with Crippen molar-refractivity contribution in [3.8, 4) is 0 Å². The van der Waals surface area contributed by atoms with E-state index in [4.69, 9.17) is 11.1 Å². The van der Waals surface area contributed by atoms with Crippen molar-refractivity contribution in [1.82, 2.24) is 0 Å². The minimum atomic E-state index is 0.159. The first-order valence-electron chi connectivity index (χ1n) is 7.48. The predicted molar refractivity (Wildman–Crippen MR) is 86.6 cm³/mol. The van der Waals surface area contributed by atoms with Crippen molar-refractivity contribution >= 4 is 11.5 Å². The van der Waals surface area contributed by atoms with E-state index in [0.29, 0.717) is 11.5 Å². The molecule has 110 valence electrons. The van der Waals surface area contributed by atoms with Crippen molar-refractivity contribution in [3.05, 3.63) is 29.3 Å². The third-order valence-electron chi connectivity index (χ3n) is 4.68. The maximum absolute atomic E-state index is 7.79. The molecule has 0 amide bonds. The van der Waals surface area contributed by atoms with Gasteiger partial charge in [0, 0.05) is 24.3 Å². The zero-order chi connectivity index (χ0) is 14.9. The van der Waals surface area contributed by atoms with E-state index in [0.717, 1.165) is 16.8 Å². The third-order valence-corrected chi connectivity index (χ3v) is 4.68. The summed E-state index contributed by atoms with van der Waals surface area (Å²) >= 11 is 0. The number of amidine groups is 1. The lowest BCUT2D eigenvalue weighted by molar-refractivity contribution is 0.222. The lowest BCUT2D eigenvalue weighted by Crippen LogP contribution is -2.38. The van der Waals surface area contributed by atoms with Gasteiger partial charge in [-0.2, -0.15) is 0 Å². The molecule has 1 fully saturated rings. The highest BCUT2D eigenvalue weighted by Gasteiger charge is 2.29. The van der Waals surface area contributed by atoms with Crippen molar-refractivity contribution in [2.75, 3.05) is 11.9 Å².